The van der Waals surface area contributed by atoms with Crippen molar-refractivity contribution in [2.24, 2.45) is 5.92 Å². The van der Waals surface area contributed by atoms with Crippen molar-refractivity contribution in [1.82, 2.24) is 14.5 Å². The van der Waals surface area contributed by atoms with Crippen molar-refractivity contribution in [3.05, 3.63) is 108 Å². The third-order valence-electron chi connectivity index (χ3n) is 8.36. The second kappa shape index (κ2) is 12.2. The topological polar surface area (TPSA) is 38.1 Å². The van der Waals surface area contributed by atoms with Gasteiger partial charge in [0, 0.05) is 18.8 Å². The molecule has 4 nitrogen and oxygen atoms in total. The molecule has 4 aromatic rings. The molecule has 1 aromatic heterocycles. The van der Waals surface area contributed by atoms with Gasteiger partial charge in [0.1, 0.15) is 5.69 Å². The van der Waals surface area contributed by atoms with Crippen molar-refractivity contribution in [2.45, 2.75) is 71.6 Å². The number of likely N-dealkylation sites (tertiary alicyclic amines) is 1. The lowest BCUT2D eigenvalue weighted by atomic mass is 9.85. The Kier molecular flexibility index (Phi) is 8.54. The molecule has 0 unspecified atom stereocenters. The molecule has 0 spiro atoms. The molecule has 0 aliphatic carbocycles. The van der Waals surface area contributed by atoms with E-state index >= 15 is 0 Å². The number of aromatic nitrogens is 2. The molecule has 1 aliphatic rings. The molecule has 1 amide bonds. The molecule has 0 radical (unpaired) electrons. The maximum absolute atomic E-state index is 13.5. The number of hydrogen-bond acceptors (Lipinski definition) is 2. The number of nitrogens with zero attached hydrogens (tertiary/aromatic N) is 3. The number of piperidine rings is 1. The normalized spacial score (nSPS) is 14.4. The Bertz CT molecular complexity index is 1380. The summed E-state index contributed by atoms with van der Waals surface area (Å²) in [6.07, 6.45) is 10.2. The number of carbonyl (C=O) groups is 1. The van der Waals surface area contributed by atoms with Crippen LogP contribution in [0, 0.1) is 5.92 Å². The summed E-state index contributed by atoms with van der Waals surface area (Å²) >= 11 is 0. The average Bonchev–Trinajstić information content (AvgIpc) is 3.46. The van der Waals surface area contributed by atoms with E-state index in [1.807, 2.05) is 9.47 Å². The van der Waals surface area contributed by atoms with Crippen molar-refractivity contribution < 1.29 is 4.79 Å². The molecule has 40 heavy (non-hydrogen) atoms. The molecule has 4 heteroatoms. The molecule has 2 heterocycles. The van der Waals surface area contributed by atoms with Gasteiger partial charge in [0.15, 0.2) is 0 Å². The Morgan fingerprint density at radius 3 is 2.05 bits per heavy atom. The highest BCUT2D eigenvalue weighted by molar-refractivity contribution is 5.93. The molecule has 0 bridgehead atoms. The first-order chi connectivity index (χ1) is 19.3. The second-order valence-corrected chi connectivity index (χ2v) is 12.4. The minimum Gasteiger partial charge on any atom is -0.337 e. The Morgan fingerprint density at radius 2 is 1.45 bits per heavy atom. The number of carbonyl (C=O) groups excluding carboxylic acids is 1. The summed E-state index contributed by atoms with van der Waals surface area (Å²) in [5.41, 5.74) is 8.31. The van der Waals surface area contributed by atoms with Crippen LogP contribution in [0.2, 0.25) is 0 Å². The predicted octanol–water partition coefficient (Wildman–Crippen LogP) is 8.27. The quantitative estimate of drug-likeness (QED) is 0.229. The number of hydrogen-bond donors (Lipinski definition) is 0. The van der Waals surface area contributed by atoms with E-state index in [1.54, 1.807) is 12.5 Å². The molecular formula is C36H43N3O. The van der Waals surface area contributed by atoms with E-state index in [1.165, 1.54) is 40.7 Å². The Hall–Kier alpha value is -3.66. The van der Waals surface area contributed by atoms with E-state index in [2.05, 4.69) is 105 Å². The minimum atomic E-state index is 0.0669. The zero-order valence-corrected chi connectivity index (χ0v) is 24.6. The van der Waals surface area contributed by atoms with E-state index in [0.29, 0.717) is 11.6 Å². The SMILES string of the molecule is CCCCc1ccc(-c2ccc(-n3cncc3C(=O)N3CCC(Cc4ccc(C(C)(C)C)cc4)CC3)cc2)cc1. The fourth-order valence-corrected chi connectivity index (χ4v) is 5.69. The monoisotopic (exact) mass is 533 g/mol. The van der Waals surface area contributed by atoms with Gasteiger partial charge in [0.2, 0.25) is 0 Å². The predicted molar refractivity (Wildman–Crippen MR) is 165 cm³/mol. The van der Waals surface area contributed by atoms with Crippen molar-refractivity contribution in [1.29, 1.82) is 0 Å². The molecule has 3 aromatic carbocycles. The fourth-order valence-electron chi connectivity index (χ4n) is 5.69. The number of unbranched alkanes of at least 4 members (excludes halogenated alkanes) is 1. The second-order valence-electron chi connectivity index (χ2n) is 12.4. The molecular weight excluding hydrogens is 490 g/mol. The van der Waals surface area contributed by atoms with E-state index in [9.17, 15) is 4.79 Å². The summed E-state index contributed by atoms with van der Waals surface area (Å²) in [7, 11) is 0. The van der Waals surface area contributed by atoms with E-state index in [0.717, 1.165) is 44.5 Å². The Balaban J connectivity index is 1.19. The van der Waals surface area contributed by atoms with Gasteiger partial charge in [-0.05, 0) is 83.4 Å². The maximum Gasteiger partial charge on any atom is 0.272 e. The molecule has 1 aliphatic heterocycles. The van der Waals surface area contributed by atoms with Gasteiger partial charge < -0.3 is 4.90 Å². The molecule has 208 valence electrons. The van der Waals surface area contributed by atoms with Crippen LogP contribution < -0.4 is 0 Å². The number of rotatable bonds is 8. The lowest BCUT2D eigenvalue weighted by Gasteiger charge is -2.32. The van der Waals surface area contributed by atoms with Gasteiger partial charge in [-0.1, -0.05) is 94.8 Å². The van der Waals surface area contributed by atoms with Crippen LogP contribution in [0.4, 0.5) is 0 Å². The lowest BCUT2D eigenvalue weighted by Crippen LogP contribution is -2.39. The maximum atomic E-state index is 13.5. The van der Waals surface area contributed by atoms with Gasteiger partial charge in [-0.2, -0.15) is 0 Å². The van der Waals surface area contributed by atoms with Gasteiger partial charge in [-0.25, -0.2) is 4.98 Å². The summed E-state index contributed by atoms with van der Waals surface area (Å²) < 4.78 is 1.92. The van der Waals surface area contributed by atoms with E-state index in [4.69, 9.17) is 0 Å². The number of aryl methyl sites for hydroxylation is 1. The Morgan fingerprint density at radius 1 is 0.850 bits per heavy atom. The van der Waals surface area contributed by atoms with Gasteiger partial charge in [0.25, 0.3) is 5.91 Å². The molecule has 1 saturated heterocycles. The lowest BCUT2D eigenvalue weighted by molar-refractivity contribution is 0.0682. The largest absolute Gasteiger partial charge is 0.337 e. The molecule has 0 atom stereocenters. The summed E-state index contributed by atoms with van der Waals surface area (Å²) in [6.45, 7) is 10.6. The molecule has 0 saturated carbocycles. The standard InChI is InChI=1S/C36H43N3O/c1-5-6-7-27-8-12-30(13-9-27)31-14-18-33(19-15-31)39-26-37-25-34(39)35(40)38-22-20-29(21-23-38)24-28-10-16-32(17-11-28)36(2,3)4/h8-19,25-26,29H,5-7,20-24H2,1-4H3. The van der Waals surface area contributed by atoms with Crippen molar-refractivity contribution >= 4 is 5.91 Å². The minimum absolute atomic E-state index is 0.0669. The smallest absolute Gasteiger partial charge is 0.272 e. The van der Waals surface area contributed by atoms with Crippen LogP contribution in [0.3, 0.4) is 0 Å². The number of benzene rings is 3. The first-order valence-electron chi connectivity index (χ1n) is 14.9. The van der Waals surface area contributed by atoms with E-state index in [-0.39, 0.29) is 11.3 Å². The van der Waals surface area contributed by atoms with E-state index < -0.39 is 0 Å². The average molecular weight is 534 g/mol. The third-order valence-corrected chi connectivity index (χ3v) is 8.36. The summed E-state index contributed by atoms with van der Waals surface area (Å²) in [4.78, 5) is 19.9. The van der Waals surface area contributed by atoms with Crippen molar-refractivity contribution in [3.63, 3.8) is 0 Å². The Labute approximate surface area is 240 Å². The van der Waals surface area contributed by atoms with Crippen LogP contribution in [-0.2, 0) is 18.3 Å². The zero-order valence-electron chi connectivity index (χ0n) is 24.6. The van der Waals surface area contributed by atoms with Crippen molar-refractivity contribution in [3.8, 4) is 16.8 Å². The first-order valence-corrected chi connectivity index (χ1v) is 14.9. The molecule has 1 fully saturated rings. The van der Waals surface area contributed by atoms with Crippen LogP contribution in [0.25, 0.3) is 16.8 Å². The number of imidazole rings is 1. The highest BCUT2D eigenvalue weighted by atomic mass is 16.2. The summed E-state index contributed by atoms with van der Waals surface area (Å²) in [5.74, 6) is 0.680. The molecule has 5 rings (SSSR count). The number of amides is 1. The van der Waals surface area contributed by atoms with Gasteiger partial charge >= 0.3 is 0 Å². The van der Waals surface area contributed by atoms with Crippen LogP contribution in [0.1, 0.15) is 80.6 Å². The highest BCUT2D eigenvalue weighted by Crippen LogP contribution is 2.27. The van der Waals surface area contributed by atoms with Gasteiger partial charge in [-0.3, -0.25) is 9.36 Å². The zero-order chi connectivity index (χ0) is 28.1. The first kappa shape index (κ1) is 27.9. The van der Waals surface area contributed by atoms with Crippen LogP contribution in [0.5, 0.6) is 0 Å². The van der Waals surface area contributed by atoms with Crippen LogP contribution in [0.15, 0.2) is 85.3 Å². The fraction of sp³-hybridized carbons (Fsp3) is 0.389. The summed E-state index contributed by atoms with van der Waals surface area (Å²) in [6, 6.07) is 26.4. The van der Waals surface area contributed by atoms with Gasteiger partial charge in [-0.15, -0.1) is 0 Å². The van der Waals surface area contributed by atoms with Gasteiger partial charge in [0.05, 0.1) is 12.5 Å². The summed E-state index contributed by atoms with van der Waals surface area (Å²) in [5, 5.41) is 0. The van der Waals surface area contributed by atoms with Crippen molar-refractivity contribution in [2.75, 3.05) is 13.1 Å². The van der Waals surface area contributed by atoms with Crippen LogP contribution in [-0.4, -0.2) is 33.4 Å². The highest BCUT2D eigenvalue weighted by Gasteiger charge is 2.26. The third kappa shape index (κ3) is 6.55. The van der Waals surface area contributed by atoms with Crippen LogP contribution >= 0.6 is 0 Å². The molecule has 0 N–H and O–H groups in total.